The average Bonchev–Trinajstić information content (AvgIpc) is 2.70. The van der Waals surface area contributed by atoms with Crippen LogP contribution in [0.3, 0.4) is 0 Å². The second-order valence-electron chi connectivity index (χ2n) is 8.67. The minimum atomic E-state index is -0.122. The first kappa shape index (κ1) is 21.0. The van der Waals surface area contributed by atoms with Crippen LogP contribution in [0.25, 0.3) is 0 Å². The molecule has 0 heterocycles. The summed E-state index contributed by atoms with van der Waals surface area (Å²) in [5.41, 5.74) is 1.79. The van der Waals surface area contributed by atoms with Gasteiger partial charge in [0.25, 0.3) is 0 Å². The number of hydrogen-bond acceptors (Lipinski definition) is 1. The highest BCUT2D eigenvalue weighted by Gasteiger charge is 2.30. The molecule has 0 N–H and O–H groups in total. The van der Waals surface area contributed by atoms with Crippen LogP contribution in [0.1, 0.15) is 68.9 Å². The van der Waals surface area contributed by atoms with Gasteiger partial charge in [-0.25, -0.2) is 4.39 Å². The van der Waals surface area contributed by atoms with Crippen molar-refractivity contribution < 1.29 is 9.13 Å². The Morgan fingerprint density at radius 1 is 1.04 bits per heavy atom. The Hall–Kier alpha value is -0.670. The number of rotatable bonds is 7. The Morgan fingerprint density at radius 2 is 1.70 bits per heavy atom. The molecule has 1 aromatic carbocycles. The fourth-order valence-electron chi connectivity index (χ4n) is 5.25. The van der Waals surface area contributed by atoms with Gasteiger partial charge in [0.1, 0.15) is 5.82 Å². The van der Waals surface area contributed by atoms with Gasteiger partial charge in [0, 0.05) is 12.7 Å². The lowest BCUT2D eigenvalue weighted by atomic mass is 9.68. The molecule has 2 aliphatic rings. The van der Waals surface area contributed by atoms with Crippen LogP contribution in [0.15, 0.2) is 29.3 Å². The third-order valence-electron chi connectivity index (χ3n) is 6.98. The van der Waals surface area contributed by atoms with Crippen molar-refractivity contribution in [3.05, 3.63) is 46.2 Å². The third-order valence-corrected chi connectivity index (χ3v) is 7.28. The fraction of sp³-hybridized carbons (Fsp3) is 0.667. The van der Waals surface area contributed by atoms with Crippen molar-refractivity contribution in [3.8, 4) is 0 Å². The maximum absolute atomic E-state index is 14.0. The van der Waals surface area contributed by atoms with Crippen LogP contribution in [0.4, 0.5) is 4.39 Å². The minimum absolute atomic E-state index is 0.122. The fourth-order valence-corrected chi connectivity index (χ4v) is 5.68. The number of ether oxygens (including phenoxy) is 1. The molecule has 0 amide bonds. The quantitative estimate of drug-likeness (QED) is 0.431. The summed E-state index contributed by atoms with van der Waals surface area (Å²) in [6.45, 7) is 0.352. The SMILES string of the molecule is COCc1ccc(CCC2CCC(C3CCC(C=CBr)CC3)CC2)cc1F. The van der Waals surface area contributed by atoms with Crippen molar-refractivity contribution in [3.63, 3.8) is 0 Å². The number of benzene rings is 1. The lowest BCUT2D eigenvalue weighted by molar-refractivity contribution is 0.153. The molecular formula is C24H34BrFO. The van der Waals surface area contributed by atoms with Crippen molar-refractivity contribution in [1.29, 1.82) is 0 Å². The third kappa shape index (κ3) is 6.15. The van der Waals surface area contributed by atoms with E-state index in [1.54, 1.807) is 13.2 Å². The molecule has 3 heteroatoms. The summed E-state index contributed by atoms with van der Waals surface area (Å²) in [5, 5.41) is 0. The summed E-state index contributed by atoms with van der Waals surface area (Å²) in [6.07, 6.45) is 15.7. The molecule has 27 heavy (non-hydrogen) atoms. The van der Waals surface area contributed by atoms with Crippen LogP contribution in [-0.4, -0.2) is 7.11 Å². The molecule has 0 saturated heterocycles. The van der Waals surface area contributed by atoms with Crippen molar-refractivity contribution in [2.45, 2.75) is 70.8 Å². The van der Waals surface area contributed by atoms with Crippen LogP contribution >= 0.6 is 15.9 Å². The van der Waals surface area contributed by atoms with E-state index in [0.717, 1.165) is 35.7 Å². The lowest BCUT2D eigenvalue weighted by Gasteiger charge is -2.37. The second-order valence-corrected chi connectivity index (χ2v) is 9.20. The van der Waals surface area contributed by atoms with Gasteiger partial charge >= 0.3 is 0 Å². The summed E-state index contributed by atoms with van der Waals surface area (Å²) < 4.78 is 19.1. The molecule has 0 bridgehead atoms. The first-order chi connectivity index (χ1) is 13.2. The molecule has 2 fully saturated rings. The first-order valence-corrected chi connectivity index (χ1v) is 11.6. The van der Waals surface area contributed by atoms with Gasteiger partial charge in [-0.05, 0) is 91.7 Å². The molecule has 1 nitrogen and oxygen atoms in total. The summed E-state index contributed by atoms with van der Waals surface area (Å²) in [7, 11) is 1.61. The Kier molecular flexibility index (Phi) is 8.39. The van der Waals surface area contributed by atoms with Gasteiger partial charge in [0.15, 0.2) is 0 Å². The molecule has 0 aliphatic heterocycles. The highest BCUT2D eigenvalue weighted by Crippen LogP contribution is 2.42. The molecule has 2 saturated carbocycles. The Bertz CT molecular complexity index is 598. The zero-order chi connectivity index (χ0) is 19.1. The van der Waals surface area contributed by atoms with E-state index in [1.807, 2.05) is 11.1 Å². The van der Waals surface area contributed by atoms with E-state index in [0.29, 0.717) is 12.2 Å². The van der Waals surface area contributed by atoms with Crippen molar-refractivity contribution in [1.82, 2.24) is 0 Å². The van der Waals surface area contributed by atoms with E-state index < -0.39 is 0 Å². The smallest absolute Gasteiger partial charge is 0.128 e. The number of allylic oxidation sites excluding steroid dienone is 1. The van der Waals surface area contributed by atoms with Gasteiger partial charge in [-0.2, -0.15) is 0 Å². The minimum Gasteiger partial charge on any atom is -0.380 e. The van der Waals surface area contributed by atoms with Gasteiger partial charge in [0.05, 0.1) is 6.61 Å². The number of hydrogen-bond donors (Lipinski definition) is 0. The number of halogens is 2. The average molecular weight is 437 g/mol. The Morgan fingerprint density at radius 3 is 2.30 bits per heavy atom. The normalized spacial score (nSPS) is 29.3. The molecule has 150 valence electrons. The maximum Gasteiger partial charge on any atom is 0.128 e. The molecular weight excluding hydrogens is 403 g/mol. The van der Waals surface area contributed by atoms with Crippen molar-refractivity contribution in [2.75, 3.05) is 7.11 Å². The summed E-state index contributed by atoms with van der Waals surface area (Å²) in [5.74, 6) is 3.43. The van der Waals surface area contributed by atoms with Crippen LogP contribution < -0.4 is 0 Å². The monoisotopic (exact) mass is 436 g/mol. The highest BCUT2D eigenvalue weighted by atomic mass is 79.9. The van der Waals surface area contributed by atoms with Crippen molar-refractivity contribution >= 4 is 15.9 Å². The summed E-state index contributed by atoms with van der Waals surface area (Å²) in [4.78, 5) is 2.04. The topological polar surface area (TPSA) is 9.23 Å². The Labute approximate surface area is 172 Å². The zero-order valence-corrected chi connectivity index (χ0v) is 18.2. The lowest BCUT2D eigenvalue weighted by Crippen LogP contribution is -2.25. The molecule has 3 rings (SSSR count). The highest BCUT2D eigenvalue weighted by molar-refractivity contribution is 9.11. The van der Waals surface area contributed by atoms with E-state index >= 15 is 0 Å². The molecule has 0 aromatic heterocycles. The summed E-state index contributed by atoms with van der Waals surface area (Å²) >= 11 is 3.42. The molecule has 0 unspecified atom stereocenters. The molecule has 2 aliphatic carbocycles. The largest absolute Gasteiger partial charge is 0.380 e. The first-order valence-electron chi connectivity index (χ1n) is 10.7. The molecule has 0 spiro atoms. The van der Waals surface area contributed by atoms with Crippen LogP contribution in [-0.2, 0) is 17.8 Å². The Balaban J connectivity index is 1.39. The van der Waals surface area contributed by atoms with E-state index in [9.17, 15) is 4.39 Å². The molecule has 0 radical (unpaired) electrons. The second kappa shape index (κ2) is 10.8. The van der Waals surface area contributed by atoms with Crippen LogP contribution in [0, 0.1) is 29.5 Å². The van der Waals surface area contributed by atoms with Gasteiger partial charge in [0.2, 0.25) is 0 Å². The van der Waals surface area contributed by atoms with Gasteiger partial charge < -0.3 is 4.74 Å². The van der Waals surface area contributed by atoms with E-state index in [4.69, 9.17) is 4.74 Å². The van der Waals surface area contributed by atoms with Crippen molar-refractivity contribution in [2.24, 2.45) is 23.7 Å². The molecule has 0 atom stereocenters. The van der Waals surface area contributed by atoms with Crippen LogP contribution in [0.5, 0.6) is 0 Å². The predicted octanol–water partition coefficient (Wildman–Crippen LogP) is 7.43. The standard InChI is InChI=1S/C24H34BrFO/c1-27-17-23-13-8-20(16-24(23)26)3-2-18-4-9-21(10-5-18)22-11-6-19(7-12-22)14-15-25/h8,13-16,18-19,21-22H,2-7,9-12,17H2,1H3. The van der Waals surface area contributed by atoms with E-state index in [2.05, 4.69) is 28.1 Å². The summed E-state index contributed by atoms with van der Waals surface area (Å²) in [6, 6.07) is 5.66. The number of aryl methyl sites for hydroxylation is 1. The van der Waals surface area contributed by atoms with Gasteiger partial charge in [-0.3, -0.25) is 0 Å². The van der Waals surface area contributed by atoms with Gasteiger partial charge in [-0.1, -0.05) is 47.0 Å². The zero-order valence-electron chi connectivity index (χ0n) is 16.6. The molecule has 1 aromatic rings. The van der Waals surface area contributed by atoms with E-state index in [-0.39, 0.29) is 5.82 Å². The predicted molar refractivity (Wildman–Crippen MR) is 114 cm³/mol. The number of methoxy groups -OCH3 is 1. The van der Waals surface area contributed by atoms with E-state index in [1.165, 1.54) is 57.8 Å². The van der Waals surface area contributed by atoms with Gasteiger partial charge in [-0.15, -0.1) is 0 Å². The van der Waals surface area contributed by atoms with Crippen LogP contribution in [0.2, 0.25) is 0 Å². The maximum atomic E-state index is 14.0.